The van der Waals surface area contributed by atoms with E-state index >= 15 is 0 Å². The molecule has 4 heterocycles. The van der Waals surface area contributed by atoms with E-state index in [4.69, 9.17) is 14.4 Å². The Balaban J connectivity index is 1.11. The summed E-state index contributed by atoms with van der Waals surface area (Å²) in [5, 5.41) is 13.7. The first-order valence-electron chi connectivity index (χ1n) is 18.6. The van der Waals surface area contributed by atoms with E-state index in [1.54, 1.807) is 0 Å². The van der Waals surface area contributed by atoms with E-state index in [9.17, 15) is 0 Å². The van der Waals surface area contributed by atoms with Crippen molar-refractivity contribution in [3.63, 3.8) is 0 Å². The number of nitrogens with zero attached hydrogens (tertiary/aromatic N) is 3. The maximum absolute atomic E-state index is 6.34. The summed E-state index contributed by atoms with van der Waals surface area (Å²) in [6, 6.07) is 59.0. The molecule has 254 valence electrons. The molecular weight excluding hydrogens is 691 g/mol. The number of para-hydroxylation sites is 1. The summed E-state index contributed by atoms with van der Waals surface area (Å²) in [5.41, 5.74) is 9.17. The Labute approximate surface area is 317 Å². The van der Waals surface area contributed by atoms with Crippen molar-refractivity contribution in [1.82, 2.24) is 14.5 Å². The largest absolute Gasteiger partial charge is 0.436 e. The Morgan fingerprint density at radius 1 is 0.436 bits per heavy atom. The van der Waals surface area contributed by atoms with E-state index in [1.165, 1.54) is 74.3 Å². The molecule has 0 bridgehead atoms. The average molecular weight is 718 g/mol. The molecule has 0 atom stereocenters. The number of thiophene rings is 1. The van der Waals surface area contributed by atoms with Crippen molar-refractivity contribution in [3.8, 4) is 28.2 Å². The predicted molar refractivity (Wildman–Crippen MR) is 231 cm³/mol. The highest BCUT2D eigenvalue weighted by atomic mass is 32.1. The zero-order valence-electron chi connectivity index (χ0n) is 29.2. The van der Waals surface area contributed by atoms with E-state index in [-0.39, 0.29) is 0 Å². The van der Waals surface area contributed by atoms with Crippen molar-refractivity contribution in [2.24, 2.45) is 0 Å². The highest BCUT2D eigenvalue weighted by molar-refractivity contribution is 7.25. The third-order valence-corrected chi connectivity index (χ3v) is 12.7. The summed E-state index contributed by atoms with van der Waals surface area (Å²) in [6.07, 6.45) is 0. The van der Waals surface area contributed by atoms with Gasteiger partial charge in [0.25, 0.3) is 0 Å². The number of hydrogen-bond acceptors (Lipinski definition) is 4. The molecule has 0 aliphatic rings. The van der Waals surface area contributed by atoms with Crippen LogP contribution in [0.3, 0.4) is 0 Å². The van der Waals surface area contributed by atoms with Gasteiger partial charge in [0.05, 0.1) is 16.7 Å². The van der Waals surface area contributed by atoms with Gasteiger partial charge in [-0.2, -0.15) is 0 Å². The Bertz CT molecular complexity index is 3730. The van der Waals surface area contributed by atoms with Crippen molar-refractivity contribution in [2.75, 3.05) is 0 Å². The molecule has 4 nitrogen and oxygen atoms in total. The Hall–Kier alpha value is -7.08. The molecule has 0 amide bonds. The minimum absolute atomic E-state index is 0.540. The fraction of sp³-hybridized carbons (Fsp3) is 0. The average Bonchev–Trinajstić information content (AvgIpc) is 3.91. The molecule has 0 saturated heterocycles. The van der Waals surface area contributed by atoms with Gasteiger partial charge in [-0.3, -0.25) is 0 Å². The second-order valence-corrected chi connectivity index (χ2v) is 15.6. The third-order valence-electron chi connectivity index (χ3n) is 11.5. The molecule has 0 spiro atoms. The lowest BCUT2D eigenvalue weighted by Crippen LogP contribution is -1.97. The maximum atomic E-state index is 6.34. The summed E-state index contributed by atoms with van der Waals surface area (Å²) in [4.78, 5) is 10.7. The maximum Gasteiger partial charge on any atom is 0.246 e. The van der Waals surface area contributed by atoms with Gasteiger partial charge in [0.15, 0.2) is 0 Å². The van der Waals surface area contributed by atoms with Crippen LogP contribution in [0.15, 0.2) is 168 Å². The first-order chi connectivity index (χ1) is 27.3. The number of benzene rings is 9. The van der Waals surface area contributed by atoms with Crippen LogP contribution in [0.5, 0.6) is 0 Å². The normalized spacial score (nSPS) is 12.4. The fourth-order valence-corrected chi connectivity index (χ4v) is 10.3. The monoisotopic (exact) mass is 717 g/mol. The predicted octanol–water partition coefficient (Wildman–Crippen LogP) is 14.1. The van der Waals surface area contributed by atoms with Crippen LogP contribution in [0.25, 0.3) is 125 Å². The summed E-state index contributed by atoms with van der Waals surface area (Å²) in [5.74, 6) is 0. The number of fused-ring (bicyclic) bond motifs is 11. The lowest BCUT2D eigenvalue weighted by molar-refractivity contribution is 0.653. The van der Waals surface area contributed by atoms with Crippen LogP contribution in [0.2, 0.25) is 0 Å². The second kappa shape index (κ2) is 10.8. The van der Waals surface area contributed by atoms with Crippen molar-refractivity contribution >= 4 is 108 Å². The number of furan rings is 1. The number of rotatable bonds is 3. The van der Waals surface area contributed by atoms with E-state index in [0.717, 1.165) is 44.7 Å². The molecule has 0 saturated carbocycles. The smallest absolute Gasteiger partial charge is 0.246 e. The van der Waals surface area contributed by atoms with Gasteiger partial charge < -0.3 is 8.98 Å². The van der Waals surface area contributed by atoms with Gasteiger partial charge in [0.2, 0.25) is 5.71 Å². The van der Waals surface area contributed by atoms with Crippen LogP contribution in [0.4, 0.5) is 0 Å². The number of hydrogen-bond donors (Lipinski definition) is 0. The van der Waals surface area contributed by atoms with Crippen LogP contribution in [0, 0.1) is 0 Å². The molecular formula is C50H27N3OS. The van der Waals surface area contributed by atoms with E-state index in [2.05, 4.69) is 150 Å². The van der Waals surface area contributed by atoms with Crippen molar-refractivity contribution in [3.05, 3.63) is 164 Å². The fourth-order valence-electron chi connectivity index (χ4n) is 9.19. The molecule has 0 aliphatic heterocycles. The van der Waals surface area contributed by atoms with Crippen LogP contribution in [-0.4, -0.2) is 14.5 Å². The van der Waals surface area contributed by atoms with Gasteiger partial charge in [0.1, 0.15) is 16.8 Å². The molecule has 13 aromatic rings. The molecule has 55 heavy (non-hydrogen) atoms. The highest BCUT2D eigenvalue weighted by Gasteiger charge is 2.23. The number of aromatic nitrogens is 3. The zero-order valence-corrected chi connectivity index (χ0v) is 30.1. The minimum Gasteiger partial charge on any atom is -0.436 e. The van der Waals surface area contributed by atoms with E-state index < -0.39 is 0 Å². The first-order valence-corrected chi connectivity index (χ1v) is 19.4. The van der Waals surface area contributed by atoms with Crippen LogP contribution in [-0.2, 0) is 0 Å². The van der Waals surface area contributed by atoms with Gasteiger partial charge in [-0.15, -0.1) is 11.3 Å². The minimum atomic E-state index is 0.540. The van der Waals surface area contributed by atoms with Crippen molar-refractivity contribution in [1.29, 1.82) is 0 Å². The summed E-state index contributed by atoms with van der Waals surface area (Å²) in [7, 11) is 0. The topological polar surface area (TPSA) is 43.9 Å². The van der Waals surface area contributed by atoms with Gasteiger partial charge in [-0.05, 0) is 81.5 Å². The van der Waals surface area contributed by atoms with Crippen LogP contribution in [0.1, 0.15) is 0 Å². The molecule has 13 rings (SSSR count). The SMILES string of the molecule is c1cc(-c2nc3c(nc2-c2ccc4sc5ccccc5c4c2)oc2ccccc23)cc(-n2c3cccc4c5ccccc5c5c6ccccc6cc2c5c43)c1. The van der Waals surface area contributed by atoms with Gasteiger partial charge >= 0.3 is 0 Å². The Morgan fingerprint density at radius 3 is 2.05 bits per heavy atom. The van der Waals surface area contributed by atoms with E-state index in [1.807, 2.05) is 29.5 Å². The van der Waals surface area contributed by atoms with Crippen LogP contribution >= 0.6 is 11.3 Å². The molecule has 0 fully saturated rings. The van der Waals surface area contributed by atoms with Gasteiger partial charge in [0, 0.05) is 58.5 Å². The Morgan fingerprint density at radius 2 is 1.13 bits per heavy atom. The van der Waals surface area contributed by atoms with Gasteiger partial charge in [-0.25, -0.2) is 9.97 Å². The zero-order chi connectivity index (χ0) is 35.8. The van der Waals surface area contributed by atoms with Gasteiger partial charge in [-0.1, -0.05) is 109 Å². The molecule has 9 aromatic carbocycles. The summed E-state index contributed by atoms with van der Waals surface area (Å²) >= 11 is 1.82. The lowest BCUT2D eigenvalue weighted by Gasteiger charge is -2.13. The molecule has 4 aromatic heterocycles. The summed E-state index contributed by atoms with van der Waals surface area (Å²) in [6.45, 7) is 0. The highest BCUT2D eigenvalue weighted by Crippen LogP contribution is 2.47. The second-order valence-electron chi connectivity index (χ2n) is 14.5. The molecule has 0 N–H and O–H groups in total. The Kier molecular flexibility index (Phi) is 5.74. The third kappa shape index (κ3) is 4.00. The molecule has 0 aliphatic carbocycles. The van der Waals surface area contributed by atoms with Crippen molar-refractivity contribution < 1.29 is 4.42 Å². The molecule has 5 heteroatoms. The molecule has 0 radical (unpaired) electrons. The molecule has 0 unspecified atom stereocenters. The quantitative estimate of drug-likeness (QED) is 0.171. The summed E-state index contributed by atoms with van der Waals surface area (Å²) < 4.78 is 11.3. The lowest BCUT2D eigenvalue weighted by atomic mass is 9.91. The van der Waals surface area contributed by atoms with Crippen LogP contribution < -0.4 is 0 Å². The standard InChI is InChI=1S/C50H27N3OS/c1-2-14-32-28(11-1)27-40-46-44(32)35-17-4-3-15-33(35)36-19-10-20-39(45(36)46)53(40)31-13-9-12-29(25-31)47-48(52-50-49(51-47)37-18-5-7-21-41(37)54-50)30-23-24-43-38(26-30)34-16-6-8-22-42(34)55-43/h1-27H. The first kappa shape index (κ1) is 29.4. The van der Waals surface area contributed by atoms with Crippen molar-refractivity contribution in [2.45, 2.75) is 0 Å². The van der Waals surface area contributed by atoms with E-state index in [0.29, 0.717) is 5.71 Å².